The van der Waals surface area contributed by atoms with Crippen molar-refractivity contribution in [2.45, 2.75) is 58.8 Å². The molecule has 0 spiro atoms. The van der Waals surface area contributed by atoms with Gasteiger partial charge in [-0.15, -0.1) is 0 Å². The van der Waals surface area contributed by atoms with E-state index in [4.69, 9.17) is 9.47 Å². The highest BCUT2D eigenvalue weighted by atomic mass is 16.7. The van der Waals surface area contributed by atoms with E-state index < -0.39 is 0 Å². The number of methoxy groups -OCH3 is 1. The second kappa shape index (κ2) is 10.7. The lowest BCUT2D eigenvalue weighted by Gasteiger charge is -2.06. The van der Waals surface area contributed by atoms with Gasteiger partial charge in [0.05, 0.1) is 0 Å². The third-order valence-electron chi connectivity index (χ3n) is 2.76. The maximum Gasteiger partial charge on any atom is 0.154 e. The zero-order chi connectivity index (χ0) is 13.1. The number of Topliss-reactive ketones (excluding diaryl/α,β-unsaturated/α-hetero) is 1. The Labute approximate surface area is 105 Å². The van der Waals surface area contributed by atoms with Gasteiger partial charge in [-0.05, 0) is 33.2 Å². The lowest BCUT2D eigenvalue weighted by molar-refractivity contribution is -0.119. The molecule has 1 N–H and O–H groups in total. The van der Waals surface area contributed by atoms with Crippen molar-refractivity contribution in [3.63, 3.8) is 0 Å². The molecule has 1 fully saturated rings. The molecule has 2 atom stereocenters. The Kier molecular flexibility index (Phi) is 10.4. The highest BCUT2D eigenvalue weighted by Gasteiger charge is 2.15. The van der Waals surface area contributed by atoms with Crippen molar-refractivity contribution in [3.05, 3.63) is 0 Å². The van der Waals surface area contributed by atoms with Crippen LogP contribution >= 0.6 is 0 Å². The summed E-state index contributed by atoms with van der Waals surface area (Å²) in [4.78, 5) is 10.9. The van der Waals surface area contributed by atoms with Crippen molar-refractivity contribution in [1.29, 1.82) is 0 Å². The van der Waals surface area contributed by atoms with Gasteiger partial charge in [-0.3, -0.25) is 4.79 Å². The van der Waals surface area contributed by atoms with Crippen LogP contribution in [-0.4, -0.2) is 38.4 Å². The Bertz CT molecular complexity index is 191. The molecule has 102 valence electrons. The summed E-state index contributed by atoms with van der Waals surface area (Å²) in [5.41, 5.74) is 0. The standard InChI is InChI=1S/C8H15NO.C5H12O2/c1-2-8(10)6-7-4-3-5-9-7;1-4-7-5(2)6-3/h7,9H,2-6H2,1H3;5H,4H2,1-3H3. The number of nitrogens with one attached hydrogen (secondary N) is 1. The molecule has 1 saturated heterocycles. The predicted octanol–water partition coefficient (Wildman–Crippen LogP) is 2.12. The quantitative estimate of drug-likeness (QED) is 0.728. The maximum absolute atomic E-state index is 10.9. The number of ketones is 1. The Balaban J connectivity index is 0.000000325. The molecule has 2 unspecified atom stereocenters. The first-order valence-electron chi connectivity index (χ1n) is 6.53. The van der Waals surface area contributed by atoms with Gasteiger partial charge in [0.25, 0.3) is 0 Å². The van der Waals surface area contributed by atoms with Crippen LogP contribution < -0.4 is 5.32 Å². The normalized spacial score (nSPS) is 20.6. The van der Waals surface area contributed by atoms with Gasteiger partial charge in [0.2, 0.25) is 0 Å². The van der Waals surface area contributed by atoms with Crippen LogP contribution in [0.5, 0.6) is 0 Å². The topological polar surface area (TPSA) is 47.6 Å². The molecule has 4 heteroatoms. The monoisotopic (exact) mass is 245 g/mol. The SMILES string of the molecule is CCC(=O)CC1CCCN1.CCOC(C)OC. The first-order chi connectivity index (χ1) is 8.13. The van der Waals surface area contributed by atoms with E-state index in [1.165, 1.54) is 12.8 Å². The van der Waals surface area contributed by atoms with Crippen molar-refractivity contribution in [1.82, 2.24) is 5.32 Å². The second-order valence-electron chi connectivity index (χ2n) is 4.15. The Morgan fingerprint density at radius 3 is 2.53 bits per heavy atom. The van der Waals surface area contributed by atoms with E-state index in [0.717, 1.165) is 19.6 Å². The molecular formula is C13H27NO3. The van der Waals surface area contributed by atoms with E-state index in [1.54, 1.807) is 7.11 Å². The molecule has 0 aromatic rings. The van der Waals surface area contributed by atoms with Gasteiger partial charge in [-0.2, -0.15) is 0 Å². The van der Waals surface area contributed by atoms with E-state index in [2.05, 4.69) is 5.32 Å². The van der Waals surface area contributed by atoms with Crippen molar-refractivity contribution in [2.24, 2.45) is 0 Å². The molecule has 0 amide bonds. The maximum atomic E-state index is 10.9. The number of carbonyl (C=O) groups excluding carboxylic acids is 1. The summed E-state index contributed by atoms with van der Waals surface area (Å²) in [6.07, 6.45) is 3.81. The number of ether oxygens (including phenoxy) is 2. The summed E-state index contributed by atoms with van der Waals surface area (Å²) in [5.74, 6) is 0.388. The lowest BCUT2D eigenvalue weighted by Crippen LogP contribution is -2.24. The van der Waals surface area contributed by atoms with Crippen LogP contribution in [0.25, 0.3) is 0 Å². The summed E-state index contributed by atoms with van der Waals surface area (Å²) in [7, 11) is 1.63. The minimum absolute atomic E-state index is 0.0509. The second-order valence-corrected chi connectivity index (χ2v) is 4.15. The van der Waals surface area contributed by atoms with Gasteiger partial charge in [-0.1, -0.05) is 6.92 Å². The van der Waals surface area contributed by atoms with Crippen LogP contribution in [0.4, 0.5) is 0 Å². The fourth-order valence-electron chi connectivity index (χ4n) is 1.65. The molecule has 0 aromatic carbocycles. The van der Waals surface area contributed by atoms with E-state index in [1.807, 2.05) is 20.8 Å². The molecule has 17 heavy (non-hydrogen) atoms. The zero-order valence-corrected chi connectivity index (χ0v) is 11.6. The van der Waals surface area contributed by atoms with E-state index in [-0.39, 0.29) is 6.29 Å². The zero-order valence-electron chi connectivity index (χ0n) is 11.6. The van der Waals surface area contributed by atoms with Gasteiger partial charge in [0.1, 0.15) is 5.78 Å². The summed E-state index contributed by atoms with van der Waals surface area (Å²) in [6, 6.07) is 0.493. The Hall–Kier alpha value is -0.450. The van der Waals surface area contributed by atoms with Crippen LogP contribution in [0.2, 0.25) is 0 Å². The highest BCUT2D eigenvalue weighted by molar-refractivity contribution is 5.78. The van der Waals surface area contributed by atoms with Crippen molar-refractivity contribution >= 4 is 5.78 Å². The highest BCUT2D eigenvalue weighted by Crippen LogP contribution is 2.09. The largest absolute Gasteiger partial charge is 0.356 e. The van der Waals surface area contributed by atoms with Gasteiger partial charge in [0, 0.05) is 32.6 Å². The molecule has 0 saturated carbocycles. The van der Waals surface area contributed by atoms with Crippen molar-refractivity contribution in [2.75, 3.05) is 20.3 Å². The molecule has 0 radical (unpaired) electrons. The van der Waals surface area contributed by atoms with Gasteiger partial charge < -0.3 is 14.8 Å². The fourth-order valence-corrected chi connectivity index (χ4v) is 1.65. The van der Waals surface area contributed by atoms with Gasteiger partial charge >= 0.3 is 0 Å². The van der Waals surface area contributed by atoms with Crippen LogP contribution in [0.3, 0.4) is 0 Å². The van der Waals surface area contributed by atoms with Crippen LogP contribution in [-0.2, 0) is 14.3 Å². The van der Waals surface area contributed by atoms with Crippen molar-refractivity contribution < 1.29 is 14.3 Å². The summed E-state index contributed by atoms with van der Waals surface area (Å²) < 4.78 is 9.74. The third kappa shape index (κ3) is 9.27. The molecular weight excluding hydrogens is 218 g/mol. The number of carbonyl (C=O) groups is 1. The number of hydrogen-bond acceptors (Lipinski definition) is 4. The Morgan fingerprint density at radius 1 is 1.47 bits per heavy atom. The summed E-state index contributed by atoms with van der Waals surface area (Å²) in [5, 5.41) is 3.30. The molecule has 1 rings (SSSR count). The smallest absolute Gasteiger partial charge is 0.154 e. The van der Waals surface area contributed by atoms with Crippen molar-refractivity contribution in [3.8, 4) is 0 Å². The van der Waals surface area contributed by atoms with Crippen LogP contribution in [0.1, 0.15) is 46.5 Å². The molecule has 1 aliphatic rings. The third-order valence-corrected chi connectivity index (χ3v) is 2.76. The van der Waals surface area contributed by atoms with E-state index in [9.17, 15) is 4.79 Å². The summed E-state index contributed by atoms with van der Waals surface area (Å²) >= 11 is 0. The first kappa shape index (κ1) is 16.6. The average Bonchev–Trinajstić information content (AvgIpc) is 2.82. The van der Waals surface area contributed by atoms with Crippen LogP contribution in [0, 0.1) is 0 Å². The molecule has 0 aromatic heterocycles. The average molecular weight is 245 g/mol. The number of hydrogen-bond donors (Lipinski definition) is 1. The Morgan fingerprint density at radius 2 is 2.18 bits per heavy atom. The predicted molar refractivity (Wildman–Crippen MR) is 69.0 cm³/mol. The molecule has 0 bridgehead atoms. The molecule has 0 aliphatic carbocycles. The minimum Gasteiger partial charge on any atom is -0.356 e. The molecule has 4 nitrogen and oxygen atoms in total. The van der Waals surface area contributed by atoms with E-state index in [0.29, 0.717) is 18.2 Å². The molecule has 1 aliphatic heterocycles. The fraction of sp³-hybridized carbons (Fsp3) is 0.923. The molecule has 1 heterocycles. The summed E-state index contributed by atoms with van der Waals surface area (Å²) in [6.45, 7) is 7.55. The van der Waals surface area contributed by atoms with Crippen LogP contribution in [0.15, 0.2) is 0 Å². The first-order valence-corrected chi connectivity index (χ1v) is 6.53. The van der Waals surface area contributed by atoms with Gasteiger partial charge in [0.15, 0.2) is 6.29 Å². The van der Waals surface area contributed by atoms with Gasteiger partial charge in [-0.25, -0.2) is 0 Å². The lowest BCUT2D eigenvalue weighted by atomic mass is 10.1. The number of rotatable bonds is 6. The van der Waals surface area contributed by atoms with E-state index >= 15 is 0 Å². The minimum atomic E-state index is -0.0509.